The summed E-state index contributed by atoms with van der Waals surface area (Å²) < 4.78 is 21.3. The van der Waals surface area contributed by atoms with Gasteiger partial charge in [0.05, 0.1) is 26.1 Å². The number of aliphatic hydroxyl groups is 1. The lowest BCUT2D eigenvalue weighted by Crippen LogP contribution is -2.13. The molecule has 3 atom stereocenters. The van der Waals surface area contributed by atoms with Gasteiger partial charge in [-0.1, -0.05) is 92.4 Å². The third kappa shape index (κ3) is 28.4. The fourth-order valence-electron chi connectivity index (χ4n) is 4.64. The summed E-state index contributed by atoms with van der Waals surface area (Å²) in [5.74, 6) is 2.29. The maximum Gasteiger partial charge on any atom is 0.306 e. The largest absolute Gasteiger partial charge is 0.466 e. The van der Waals surface area contributed by atoms with Crippen molar-refractivity contribution in [1.29, 1.82) is 0 Å². The molecule has 238 valence electrons. The molecular formula is C33H64O7. The van der Waals surface area contributed by atoms with E-state index in [0.29, 0.717) is 51.8 Å². The molecule has 7 heteroatoms. The van der Waals surface area contributed by atoms with Crippen LogP contribution in [0.5, 0.6) is 0 Å². The van der Waals surface area contributed by atoms with E-state index in [2.05, 4.69) is 34.6 Å². The van der Waals surface area contributed by atoms with E-state index >= 15 is 0 Å². The molecule has 0 amide bonds. The van der Waals surface area contributed by atoms with Gasteiger partial charge in [0.1, 0.15) is 0 Å². The zero-order valence-electron chi connectivity index (χ0n) is 26.8. The van der Waals surface area contributed by atoms with Gasteiger partial charge in [0.25, 0.3) is 0 Å². The van der Waals surface area contributed by atoms with Crippen molar-refractivity contribution >= 4 is 11.9 Å². The predicted molar refractivity (Wildman–Crippen MR) is 162 cm³/mol. The first-order chi connectivity index (χ1) is 19.2. The molecule has 0 spiro atoms. The van der Waals surface area contributed by atoms with E-state index in [1.165, 1.54) is 57.8 Å². The van der Waals surface area contributed by atoms with Crippen molar-refractivity contribution in [3.63, 3.8) is 0 Å². The molecule has 3 unspecified atom stereocenters. The van der Waals surface area contributed by atoms with Crippen molar-refractivity contribution < 1.29 is 33.6 Å². The molecule has 40 heavy (non-hydrogen) atoms. The molecule has 0 radical (unpaired) electrons. The highest BCUT2D eigenvalue weighted by Gasteiger charge is 2.11. The predicted octanol–water partition coefficient (Wildman–Crippen LogP) is 7.51. The topological polar surface area (TPSA) is 91.3 Å². The Balaban J connectivity index is 3.58. The van der Waals surface area contributed by atoms with Crippen molar-refractivity contribution in [2.24, 2.45) is 23.7 Å². The van der Waals surface area contributed by atoms with Crippen molar-refractivity contribution in [3.05, 3.63) is 0 Å². The number of hydrogen-bond acceptors (Lipinski definition) is 7. The minimum Gasteiger partial charge on any atom is -0.466 e. The Morgan fingerprint density at radius 2 is 0.900 bits per heavy atom. The molecule has 1 N–H and O–H groups in total. The average molecular weight is 573 g/mol. The van der Waals surface area contributed by atoms with Crippen molar-refractivity contribution in [2.45, 2.75) is 131 Å². The highest BCUT2D eigenvalue weighted by atomic mass is 16.5. The Bertz CT molecular complexity index is 581. The van der Waals surface area contributed by atoms with Gasteiger partial charge in [-0.15, -0.1) is 0 Å². The zero-order chi connectivity index (χ0) is 29.8. The van der Waals surface area contributed by atoms with Gasteiger partial charge in [0, 0.05) is 39.5 Å². The maximum atomic E-state index is 12.0. The van der Waals surface area contributed by atoms with Crippen LogP contribution in [0.15, 0.2) is 0 Å². The Labute approximate surface area is 246 Å². The monoisotopic (exact) mass is 572 g/mol. The second-order valence-electron chi connectivity index (χ2n) is 12.2. The molecular weight excluding hydrogens is 508 g/mol. The first kappa shape index (κ1) is 38.8. The molecule has 0 fully saturated rings. The van der Waals surface area contributed by atoms with Crippen LogP contribution < -0.4 is 0 Å². The van der Waals surface area contributed by atoms with Crippen molar-refractivity contribution in [2.75, 3.05) is 46.2 Å². The van der Waals surface area contributed by atoms with Crippen LogP contribution in [-0.2, 0) is 28.5 Å². The Morgan fingerprint density at radius 1 is 0.500 bits per heavy atom. The molecule has 0 aliphatic heterocycles. The summed E-state index contributed by atoms with van der Waals surface area (Å²) in [6.07, 6.45) is 14.9. The Kier molecular flexibility index (Phi) is 27.1. The first-order valence-electron chi connectivity index (χ1n) is 16.3. The van der Waals surface area contributed by atoms with Gasteiger partial charge in [-0.3, -0.25) is 9.59 Å². The molecule has 0 aromatic heterocycles. The first-order valence-corrected chi connectivity index (χ1v) is 16.3. The summed E-state index contributed by atoms with van der Waals surface area (Å²) >= 11 is 0. The molecule has 0 aromatic rings. The van der Waals surface area contributed by atoms with Crippen molar-refractivity contribution in [1.82, 2.24) is 0 Å². The standard InChI is InChI=1S/C33H64O7/c1-28(2)12-6-13-29(3)14-7-15-30(4)16-8-17-31(5)20-27-40-33(36)19-18-32(35)39-26-11-25-38-24-10-23-37-22-9-21-34/h28-31,34H,6-27H2,1-5H3. The second kappa shape index (κ2) is 28.0. The van der Waals surface area contributed by atoms with Crippen LogP contribution in [0.3, 0.4) is 0 Å². The third-order valence-electron chi connectivity index (χ3n) is 7.39. The lowest BCUT2D eigenvalue weighted by Gasteiger charge is -2.16. The molecule has 0 saturated carbocycles. The highest BCUT2D eigenvalue weighted by molar-refractivity contribution is 5.77. The van der Waals surface area contributed by atoms with Gasteiger partial charge in [0.2, 0.25) is 0 Å². The van der Waals surface area contributed by atoms with Crippen LogP contribution in [0.25, 0.3) is 0 Å². The molecule has 0 aliphatic carbocycles. The van der Waals surface area contributed by atoms with E-state index in [-0.39, 0.29) is 38.0 Å². The van der Waals surface area contributed by atoms with E-state index in [4.69, 9.17) is 24.1 Å². The van der Waals surface area contributed by atoms with Gasteiger partial charge in [0.15, 0.2) is 0 Å². The number of ether oxygens (including phenoxy) is 4. The fraction of sp³-hybridized carbons (Fsp3) is 0.939. The summed E-state index contributed by atoms with van der Waals surface area (Å²) in [5.41, 5.74) is 0. The minimum absolute atomic E-state index is 0.0506. The fourth-order valence-corrected chi connectivity index (χ4v) is 4.64. The maximum absolute atomic E-state index is 12.0. The van der Waals surface area contributed by atoms with Crippen LogP contribution in [0, 0.1) is 23.7 Å². The summed E-state index contributed by atoms with van der Waals surface area (Å²) in [6.45, 7) is 14.8. The number of carbonyl (C=O) groups excluding carboxylic acids is 2. The SMILES string of the molecule is CC(C)CCCC(C)CCCC(C)CCCC(C)CCOC(=O)CCC(=O)OCCCOCCCOCCCO. The number of rotatable bonds is 29. The minimum atomic E-state index is -0.377. The molecule has 7 nitrogen and oxygen atoms in total. The second-order valence-corrected chi connectivity index (χ2v) is 12.2. The van der Waals surface area contributed by atoms with Gasteiger partial charge >= 0.3 is 11.9 Å². The number of hydrogen-bond donors (Lipinski definition) is 1. The Morgan fingerprint density at radius 3 is 1.38 bits per heavy atom. The Hall–Kier alpha value is -1.18. The van der Waals surface area contributed by atoms with Crippen LogP contribution in [0.4, 0.5) is 0 Å². The van der Waals surface area contributed by atoms with Crippen LogP contribution in [0.2, 0.25) is 0 Å². The molecule has 0 bridgehead atoms. The van der Waals surface area contributed by atoms with Gasteiger partial charge in [-0.05, 0) is 42.9 Å². The highest BCUT2D eigenvalue weighted by Crippen LogP contribution is 2.22. The van der Waals surface area contributed by atoms with E-state index in [0.717, 1.165) is 30.6 Å². The summed E-state index contributed by atoms with van der Waals surface area (Å²) in [6, 6.07) is 0. The summed E-state index contributed by atoms with van der Waals surface area (Å²) in [5, 5.41) is 8.66. The normalized spacial score (nSPS) is 13.8. The molecule has 0 aliphatic rings. The van der Waals surface area contributed by atoms with Gasteiger partial charge in [-0.2, -0.15) is 0 Å². The van der Waals surface area contributed by atoms with Gasteiger partial charge < -0.3 is 24.1 Å². The number of esters is 2. The molecule has 0 saturated heterocycles. The number of carbonyl (C=O) groups is 2. The number of aliphatic hydroxyl groups excluding tert-OH is 1. The lowest BCUT2D eigenvalue weighted by atomic mass is 9.91. The smallest absolute Gasteiger partial charge is 0.306 e. The van der Waals surface area contributed by atoms with E-state index in [1.807, 2.05) is 0 Å². The van der Waals surface area contributed by atoms with Crippen LogP contribution in [0.1, 0.15) is 131 Å². The average Bonchev–Trinajstić information content (AvgIpc) is 2.90. The quantitative estimate of drug-likeness (QED) is 0.0732. The van der Waals surface area contributed by atoms with E-state index in [1.54, 1.807) is 0 Å². The van der Waals surface area contributed by atoms with Crippen LogP contribution >= 0.6 is 0 Å². The van der Waals surface area contributed by atoms with Gasteiger partial charge in [-0.25, -0.2) is 0 Å². The zero-order valence-corrected chi connectivity index (χ0v) is 26.8. The lowest BCUT2D eigenvalue weighted by molar-refractivity contribution is -0.150. The van der Waals surface area contributed by atoms with E-state index < -0.39 is 0 Å². The van der Waals surface area contributed by atoms with E-state index in [9.17, 15) is 9.59 Å². The third-order valence-corrected chi connectivity index (χ3v) is 7.39. The van der Waals surface area contributed by atoms with Crippen molar-refractivity contribution in [3.8, 4) is 0 Å². The molecule has 0 heterocycles. The van der Waals surface area contributed by atoms with Crippen LogP contribution in [-0.4, -0.2) is 63.3 Å². The summed E-state index contributed by atoms with van der Waals surface area (Å²) in [7, 11) is 0. The summed E-state index contributed by atoms with van der Waals surface area (Å²) in [4.78, 5) is 23.8. The molecule has 0 rings (SSSR count). The molecule has 0 aromatic carbocycles.